The van der Waals surface area contributed by atoms with Gasteiger partial charge in [-0.15, -0.1) is 10.2 Å². The third kappa shape index (κ3) is 5.81. The zero-order valence-electron chi connectivity index (χ0n) is 16.3. The Labute approximate surface area is 169 Å². The number of hydrogen-bond donors (Lipinski definition) is 0. The fraction of sp³-hybridized carbons (Fsp3) is 0.318. The number of pyridine rings is 1. The van der Waals surface area contributed by atoms with Crippen molar-refractivity contribution in [2.24, 2.45) is 0 Å². The van der Waals surface area contributed by atoms with Gasteiger partial charge in [-0.05, 0) is 37.0 Å². The first kappa shape index (κ1) is 20.4. The number of esters is 1. The van der Waals surface area contributed by atoms with E-state index in [9.17, 15) is 9.59 Å². The molecule has 0 aliphatic rings. The molecule has 0 N–H and O–H groups in total. The van der Waals surface area contributed by atoms with Gasteiger partial charge in [0.05, 0.1) is 7.11 Å². The molecule has 0 saturated carbocycles. The molecule has 0 spiro atoms. The lowest BCUT2D eigenvalue weighted by atomic mass is 10.0. The highest BCUT2D eigenvalue weighted by Crippen LogP contribution is 2.18. The lowest BCUT2D eigenvalue weighted by Gasteiger charge is -2.01. The van der Waals surface area contributed by atoms with Crippen LogP contribution in [0.25, 0.3) is 11.6 Å². The number of unbranched alkanes of at least 4 members (excludes halogenated alkanes) is 3. The normalized spacial score (nSPS) is 10.7. The predicted octanol–water partition coefficient (Wildman–Crippen LogP) is 4.29. The van der Waals surface area contributed by atoms with E-state index in [-0.39, 0.29) is 23.3 Å². The number of ether oxygens (including phenoxy) is 1. The van der Waals surface area contributed by atoms with Gasteiger partial charge in [0, 0.05) is 6.42 Å². The summed E-state index contributed by atoms with van der Waals surface area (Å²) in [6.07, 6.45) is 5.35. The van der Waals surface area contributed by atoms with Gasteiger partial charge in [0.15, 0.2) is 0 Å². The van der Waals surface area contributed by atoms with E-state index in [1.54, 1.807) is 12.1 Å². The Bertz CT molecular complexity index is 953. The lowest BCUT2D eigenvalue weighted by molar-refractivity contribution is 0.0594. The van der Waals surface area contributed by atoms with E-state index in [4.69, 9.17) is 4.42 Å². The maximum absolute atomic E-state index is 12.3. The number of nitrogens with zero attached hydrogens (tertiary/aromatic N) is 3. The molecular formula is C22H23N3O4. The van der Waals surface area contributed by atoms with Gasteiger partial charge in [0.25, 0.3) is 11.8 Å². The van der Waals surface area contributed by atoms with E-state index in [1.165, 1.54) is 18.7 Å². The molecule has 1 aromatic carbocycles. The second-order valence-corrected chi connectivity index (χ2v) is 6.64. The highest BCUT2D eigenvalue weighted by atomic mass is 16.5. The molecule has 3 rings (SSSR count). The van der Waals surface area contributed by atoms with Crippen LogP contribution in [0, 0.1) is 0 Å². The average molecular weight is 393 g/mol. The molecule has 0 aliphatic carbocycles. The second kappa shape index (κ2) is 10.3. The fourth-order valence-electron chi connectivity index (χ4n) is 2.93. The van der Waals surface area contributed by atoms with Crippen LogP contribution in [0.15, 0.2) is 52.9 Å². The SMILES string of the molecule is COC(=O)c1cccc(-c2nnc(C(=O)CCCCCCc3ccccc3)o2)n1. The van der Waals surface area contributed by atoms with Gasteiger partial charge in [-0.1, -0.05) is 49.2 Å². The van der Waals surface area contributed by atoms with Crippen molar-refractivity contribution >= 4 is 11.8 Å². The van der Waals surface area contributed by atoms with Gasteiger partial charge in [0.1, 0.15) is 11.4 Å². The van der Waals surface area contributed by atoms with E-state index in [2.05, 4.69) is 32.1 Å². The Morgan fingerprint density at radius 2 is 1.72 bits per heavy atom. The molecule has 0 aliphatic heterocycles. The first-order valence-corrected chi connectivity index (χ1v) is 9.64. The van der Waals surface area contributed by atoms with Crippen LogP contribution in [-0.4, -0.2) is 34.0 Å². The van der Waals surface area contributed by atoms with Crippen LogP contribution in [0.5, 0.6) is 0 Å². The average Bonchev–Trinajstić information content (AvgIpc) is 3.27. The summed E-state index contributed by atoms with van der Waals surface area (Å²) < 4.78 is 10.1. The Balaban J connectivity index is 1.45. The number of benzene rings is 1. The van der Waals surface area contributed by atoms with E-state index in [1.807, 2.05) is 18.2 Å². The zero-order valence-corrected chi connectivity index (χ0v) is 16.3. The fourth-order valence-corrected chi connectivity index (χ4v) is 2.93. The van der Waals surface area contributed by atoms with Gasteiger partial charge in [-0.2, -0.15) is 0 Å². The monoisotopic (exact) mass is 393 g/mol. The van der Waals surface area contributed by atoms with Gasteiger partial charge in [-0.3, -0.25) is 4.79 Å². The number of aromatic nitrogens is 3. The van der Waals surface area contributed by atoms with E-state index in [0.29, 0.717) is 12.1 Å². The summed E-state index contributed by atoms with van der Waals surface area (Å²) in [6, 6.07) is 15.2. The van der Waals surface area contributed by atoms with E-state index >= 15 is 0 Å². The summed E-state index contributed by atoms with van der Waals surface area (Å²) in [7, 11) is 1.28. The summed E-state index contributed by atoms with van der Waals surface area (Å²) in [5, 5.41) is 7.69. The molecule has 0 unspecified atom stereocenters. The Morgan fingerprint density at radius 1 is 0.931 bits per heavy atom. The number of hydrogen-bond acceptors (Lipinski definition) is 7. The topological polar surface area (TPSA) is 95.2 Å². The molecule has 150 valence electrons. The summed E-state index contributed by atoms with van der Waals surface area (Å²) in [5.74, 6) is -0.678. The first-order chi connectivity index (χ1) is 14.2. The van der Waals surface area contributed by atoms with Crippen molar-refractivity contribution in [3.05, 3.63) is 65.7 Å². The van der Waals surface area contributed by atoms with E-state index < -0.39 is 5.97 Å². The van der Waals surface area contributed by atoms with Crippen molar-refractivity contribution in [1.82, 2.24) is 15.2 Å². The minimum absolute atomic E-state index is 0.0328. The number of Topliss-reactive ketones (excluding diaryl/α,β-unsaturated/α-hetero) is 1. The van der Waals surface area contributed by atoms with Crippen molar-refractivity contribution < 1.29 is 18.7 Å². The third-order valence-electron chi connectivity index (χ3n) is 4.49. The molecule has 0 saturated heterocycles. The third-order valence-corrected chi connectivity index (χ3v) is 4.49. The minimum Gasteiger partial charge on any atom is -0.464 e. The van der Waals surface area contributed by atoms with Crippen molar-refractivity contribution in [2.75, 3.05) is 7.11 Å². The van der Waals surface area contributed by atoms with Gasteiger partial charge >= 0.3 is 5.97 Å². The molecule has 0 bridgehead atoms. The van der Waals surface area contributed by atoms with E-state index in [0.717, 1.165) is 32.1 Å². The molecule has 0 fully saturated rings. The smallest absolute Gasteiger partial charge is 0.356 e. The van der Waals surface area contributed by atoms with Crippen LogP contribution >= 0.6 is 0 Å². The number of carbonyl (C=O) groups is 2. The molecule has 2 heterocycles. The van der Waals surface area contributed by atoms with Crippen LogP contribution in [0.1, 0.15) is 58.8 Å². The number of carbonyl (C=O) groups excluding carboxylic acids is 2. The number of rotatable bonds is 10. The molecule has 7 heteroatoms. The summed E-state index contributed by atoms with van der Waals surface area (Å²) in [4.78, 5) is 28.0. The van der Waals surface area contributed by atoms with Crippen LogP contribution in [0.4, 0.5) is 0 Å². The number of methoxy groups -OCH3 is 1. The Hall–Kier alpha value is -3.35. The maximum Gasteiger partial charge on any atom is 0.356 e. The van der Waals surface area contributed by atoms with Crippen molar-refractivity contribution in [3.8, 4) is 11.6 Å². The molecule has 0 amide bonds. The largest absolute Gasteiger partial charge is 0.464 e. The van der Waals surface area contributed by atoms with Crippen molar-refractivity contribution in [2.45, 2.75) is 38.5 Å². The van der Waals surface area contributed by atoms with Gasteiger partial charge in [0.2, 0.25) is 5.78 Å². The minimum atomic E-state index is -0.560. The number of ketones is 1. The highest BCUT2D eigenvalue weighted by molar-refractivity contribution is 5.91. The van der Waals surface area contributed by atoms with Gasteiger partial charge in [-0.25, -0.2) is 9.78 Å². The van der Waals surface area contributed by atoms with Crippen LogP contribution in [0.2, 0.25) is 0 Å². The lowest BCUT2D eigenvalue weighted by Crippen LogP contribution is -2.04. The molecular weight excluding hydrogens is 370 g/mol. The van der Waals surface area contributed by atoms with Crippen molar-refractivity contribution in [1.29, 1.82) is 0 Å². The quantitative estimate of drug-likeness (QED) is 0.288. The molecule has 0 atom stereocenters. The molecule has 2 aromatic heterocycles. The first-order valence-electron chi connectivity index (χ1n) is 9.64. The van der Waals surface area contributed by atoms with Crippen molar-refractivity contribution in [3.63, 3.8) is 0 Å². The summed E-state index contributed by atoms with van der Waals surface area (Å²) in [5.41, 5.74) is 1.79. The summed E-state index contributed by atoms with van der Waals surface area (Å²) >= 11 is 0. The maximum atomic E-state index is 12.3. The Morgan fingerprint density at radius 3 is 2.52 bits per heavy atom. The molecule has 3 aromatic rings. The molecule has 29 heavy (non-hydrogen) atoms. The second-order valence-electron chi connectivity index (χ2n) is 6.64. The zero-order chi connectivity index (χ0) is 20.5. The van der Waals surface area contributed by atoms with Crippen LogP contribution < -0.4 is 0 Å². The standard InChI is InChI=1S/C22H23N3O4/c1-28-22(27)18-14-9-13-17(23-18)20-24-25-21(29-20)19(26)15-8-3-2-5-10-16-11-6-4-7-12-16/h4,6-7,9,11-14H,2-3,5,8,10,15H2,1H3. The number of aryl methyl sites for hydroxylation is 1. The van der Waals surface area contributed by atoms with Crippen LogP contribution in [-0.2, 0) is 11.2 Å². The summed E-state index contributed by atoms with van der Waals surface area (Å²) in [6.45, 7) is 0. The molecule has 7 nitrogen and oxygen atoms in total. The Kier molecular flexibility index (Phi) is 7.22. The van der Waals surface area contributed by atoms with Gasteiger partial charge < -0.3 is 9.15 Å². The highest BCUT2D eigenvalue weighted by Gasteiger charge is 2.17. The molecule has 0 radical (unpaired) electrons. The van der Waals surface area contributed by atoms with Crippen LogP contribution in [0.3, 0.4) is 0 Å². The predicted molar refractivity (Wildman–Crippen MR) is 106 cm³/mol.